The molecule has 6 aliphatic rings. The smallest absolute Gasteiger partial charge is 0.317 e. The summed E-state index contributed by atoms with van der Waals surface area (Å²) < 4.78 is 43.6. The number of fused-ring (bicyclic) bond motifs is 8. The number of aliphatic hydroxyl groups is 3. The van der Waals surface area contributed by atoms with Gasteiger partial charge in [0.1, 0.15) is 73.4 Å². The van der Waals surface area contributed by atoms with Crippen LogP contribution in [0.5, 0.6) is 28.7 Å². The number of methoxy groups -OCH3 is 2. The molecule has 0 spiro atoms. The number of benzene rings is 3. The fraction of sp³-hybridized carbons (Fsp3) is 0.419. The van der Waals surface area contributed by atoms with Crippen molar-refractivity contribution < 1.29 is 68.1 Å². The number of nitrogens with two attached hydrogens (primary N) is 2. The topological polar surface area (TPSA) is 249 Å². The van der Waals surface area contributed by atoms with Gasteiger partial charge >= 0.3 is 11.9 Å². The summed E-state index contributed by atoms with van der Waals surface area (Å²) >= 11 is 0. The average Bonchev–Trinajstić information content (AvgIpc) is 3.91. The highest BCUT2D eigenvalue weighted by Gasteiger charge is 2.60. The third-order valence-corrected chi connectivity index (χ3v) is 12.3. The number of aliphatic carboxylic acids is 1. The van der Waals surface area contributed by atoms with Crippen molar-refractivity contribution in [3.63, 3.8) is 0 Å². The minimum atomic E-state index is -2.19. The summed E-state index contributed by atoms with van der Waals surface area (Å²) in [6.45, 7) is 1.10. The van der Waals surface area contributed by atoms with Crippen LogP contribution in [0.1, 0.15) is 52.7 Å². The zero-order valence-corrected chi connectivity index (χ0v) is 32.9. The summed E-state index contributed by atoms with van der Waals surface area (Å²) in [6, 6.07) is 15.6. The van der Waals surface area contributed by atoms with E-state index in [0.29, 0.717) is 53.8 Å². The van der Waals surface area contributed by atoms with E-state index in [9.17, 15) is 24.9 Å². The number of ether oxygens (including phenoxy) is 7. The Balaban J connectivity index is 1.16. The number of esters is 1. The molecule has 3 aromatic carbocycles. The molecule has 0 saturated carbocycles. The number of carbonyl (C=O) groups is 2. The Hall–Kier alpha value is -5.53. The number of hydrogen-bond acceptors (Lipinski definition) is 15. The number of carboxylic acid groups (broad SMARTS) is 1. The standard InChI is InChI=1S/C43H46N4O13/c1-54-26-9-8-23-32-28(14-20-6-4-3-5-7-20)56-29-15-27-22(24(18-47-17-21-11-13-46-25(21)19-47)33(29)37(32)59-35(23)36(26)55-2)10-12-43(53)40(52)34(51)38(60-42(43)57-27)39(41(44)45)58-31(50)16-30(48)49/h3-9,11,13,15,19,28,32,34,37-42,51-53H,10,12,14,16-18,44-45H2,1-2H3,(H,48,49)/p+1. The molecule has 0 aliphatic carbocycles. The molecule has 3 aromatic rings. The molecule has 6 aliphatic heterocycles. The van der Waals surface area contributed by atoms with Gasteiger partial charge in [0.15, 0.2) is 23.2 Å². The minimum absolute atomic E-state index is 0.136. The molecule has 10 unspecified atom stereocenters. The first-order chi connectivity index (χ1) is 28.9. The van der Waals surface area contributed by atoms with Gasteiger partial charge in [0.25, 0.3) is 0 Å². The molecule has 6 heterocycles. The Labute approximate surface area is 344 Å². The normalized spacial score (nSPS) is 29.7. The summed E-state index contributed by atoms with van der Waals surface area (Å²) in [6.07, 6.45) is -5.77. The van der Waals surface area contributed by atoms with Crippen molar-refractivity contribution in [2.75, 3.05) is 20.8 Å². The van der Waals surface area contributed by atoms with Gasteiger partial charge in [-0.15, -0.1) is 0 Å². The molecule has 0 amide bonds. The highest BCUT2D eigenvalue weighted by atomic mass is 16.7. The molecule has 60 heavy (non-hydrogen) atoms. The number of carboxylic acids is 1. The highest BCUT2D eigenvalue weighted by molar-refractivity contribution is 5.90. The molecular weight excluding hydrogens is 780 g/mol. The minimum Gasteiger partial charge on any atom is -0.493 e. The zero-order chi connectivity index (χ0) is 42.0. The van der Waals surface area contributed by atoms with Crippen LogP contribution in [0.15, 0.2) is 77.1 Å². The maximum Gasteiger partial charge on any atom is 0.317 e. The lowest BCUT2D eigenvalue weighted by atomic mass is 9.78. The average molecular weight is 828 g/mol. The van der Waals surface area contributed by atoms with Crippen molar-refractivity contribution in [2.24, 2.45) is 16.5 Å². The van der Waals surface area contributed by atoms with E-state index in [-0.39, 0.29) is 18.8 Å². The summed E-state index contributed by atoms with van der Waals surface area (Å²) in [5.41, 5.74) is 16.0. The predicted octanol–water partition coefficient (Wildman–Crippen LogP) is 0.308. The number of aliphatic imine (C=N–C) groups is 1. The molecule has 0 aromatic heterocycles. The maximum atomic E-state index is 12.5. The van der Waals surface area contributed by atoms with Crippen LogP contribution in [0.2, 0.25) is 0 Å². The van der Waals surface area contributed by atoms with Gasteiger partial charge in [-0.05, 0) is 30.5 Å². The number of nitrogens with one attached hydrogen (secondary N) is 1. The Morgan fingerprint density at radius 3 is 2.57 bits per heavy atom. The monoisotopic (exact) mass is 827 g/mol. The Kier molecular flexibility index (Phi) is 10.3. The molecule has 17 nitrogen and oxygen atoms in total. The van der Waals surface area contributed by atoms with Crippen molar-refractivity contribution in [3.8, 4) is 28.7 Å². The number of hydrogen-bond donors (Lipinski definition) is 7. The number of quaternary nitrogens is 1. The van der Waals surface area contributed by atoms with E-state index in [4.69, 9.17) is 49.7 Å². The van der Waals surface area contributed by atoms with Gasteiger partial charge in [-0.3, -0.25) is 19.5 Å². The summed E-state index contributed by atoms with van der Waals surface area (Å²) in [7, 11) is 3.14. The van der Waals surface area contributed by atoms with Gasteiger partial charge in [-0.25, -0.2) is 0 Å². The van der Waals surface area contributed by atoms with Gasteiger partial charge in [0.2, 0.25) is 12.0 Å². The van der Waals surface area contributed by atoms with Crippen LogP contribution >= 0.6 is 0 Å². The third kappa shape index (κ3) is 6.75. The SMILES string of the molecule is COc1ccc2c(c1OC)OC1c3c(cc4c(c3C[NH+]3C=C5N=CC=C5C3)CCC3(O)C(O4)OC(C(OC(=O)CC(=O)O)C(N)N)C(O)C3O)OC(Cc3ccccc3)C21. The molecule has 0 bridgehead atoms. The molecular formula is C43H47N4O13+. The lowest BCUT2D eigenvalue weighted by Gasteiger charge is -2.48. The third-order valence-electron chi connectivity index (χ3n) is 12.3. The van der Waals surface area contributed by atoms with Crippen molar-refractivity contribution in [1.82, 2.24) is 0 Å². The Morgan fingerprint density at radius 2 is 1.85 bits per heavy atom. The zero-order valence-electron chi connectivity index (χ0n) is 32.9. The number of rotatable bonds is 11. The van der Waals surface area contributed by atoms with Crippen molar-refractivity contribution >= 4 is 18.2 Å². The lowest BCUT2D eigenvalue weighted by Crippen LogP contribution is -3.05. The Bertz CT molecular complexity index is 2300. The summed E-state index contributed by atoms with van der Waals surface area (Å²) in [4.78, 5) is 29.3. The van der Waals surface area contributed by atoms with Gasteiger partial charge in [0, 0.05) is 46.5 Å². The molecule has 10 atom stereocenters. The second-order valence-electron chi connectivity index (χ2n) is 16.0. The first kappa shape index (κ1) is 39.9. The molecule has 0 radical (unpaired) electrons. The van der Waals surface area contributed by atoms with Gasteiger partial charge in [-0.1, -0.05) is 36.4 Å². The largest absolute Gasteiger partial charge is 0.493 e. The highest BCUT2D eigenvalue weighted by Crippen LogP contribution is 2.60. The molecule has 1 saturated heterocycles. The summed E-state index contributed by atoms with van der Waals surface area (Å²) in [5, 5.41) is 44.4. The van der Waals surface area contributed by atoms with Gasteiger partial charge in [0.05, 0.1) is 26.3 Å². The fourth-order valence-corrected chi connectivity index (χ4v) is 9.51. The van der Waals surface area contributed by atoms with E-state index in [1.807, 2.05) is 48.5 Å². The quantitative estimate of drug-likeness (QED) is 0.0781. The van der Waals surface area contributed by atoms with E-state index < -0.39 is 73.0 Å². The second kappa shape index (κ2) is 15.5. The number of nitrogens with zero attached hydrogens (tertiary/aromatic N) is 1. The Morgan fingerprint density at radius 1 is 1.05 bits per heavy atom. The van der Waals surface area contributed by atoms with Crippen LogP contribution in [0.25, 0.3) is 0 Å². The second-order valence-corrected chi connectivity index (χ2v) is 16.0. The first-order valence-electron chi connectivity index (χ1n) is 19.8. The van der Waals surface area contributed by atoms with E-state index in [2.05, 4.69) is 11.2 Å². The van der Waals surface area contributed by atoms with Crippen LogP contribution in [-0.4, -0.2) is 108 Å². The number of carbonyl (C=O) groups excluding carboxylic acids is 1. The molecule has 17 heteroatoms. The van der Waals surface area contributed by atoms with Gasteiger partial charge in [-0.2, -0.15) is 0 Å². The van der Waals surface area contributed by atoms with Crippen LogP contribution in [0.4, 0.5) is 0 Å². The van der Waals surface area contributed by atoms with Crippen molar-refractivity contribution in [3.05, 3.63) is 99.9 Å². The molecule has 316 valence electrons. The van der Waals surface area contributed by atoms with E-state index in [1.165, 1.54) is 0 Å². The number of allylic oxidation sites excluding steroid dienone is 1. The first-order valence-corrected chi connectivity index (χ1v) is 19.8. The molecule has 9 N–H and O–H groups in total. The fourth-order valence-electron chi connectivity index (χ4n) is 9.51. The molecule has 1 fully saturated rings. The van der Waals surface area contributed by atoms with Crippen LogP contribution in [-0.2, 0) is 38.4 Å². The molecule has 9 rings (SSSR count). The lowest BCUT2D eigenvalue weighted by molar-refractivity contribution is -0.851. The van der Waals surface area contributed by atoms with E-state index >= 15 is 0 Å². The van der Waals surface area contributed by atoms with Crippen LogP contribution in [0.3, 0.4) is 0 Å². The van der Waals surface area contributed by atoms with Gasteiger partial charge < -0.3 is 65.1 Å². The van der Waals surface area contributed by atoms with E-state index in [0.717, 1.165) is 38.4 Å². The van der Waals surface area contributed by atoms with Crippen LogP contribution < -0.4 is 40.1 Å². The number of aliphatic hydroxyl groups excluding tert-OH is 2. The van der Waals surface area contributed by atoms with Crippen molar-refractivity contribution in [1.29, 1.82) is 0 Å². The summed E-state index contributed by atoms with van der Waals surface area (Å²) in [5.74, 6) is -0.636. The predicted molar refractivity (Wildman–Crippen MR) is 210 cm³/mol. The van der Waals surface area contributed by atoms with Crippen LogP contribution in [0, 0.1) is 0 Å². The van der Waals surface area contributed by atoms with Crippen molar-refractivity contribution in [2.45, 2.75) is 92.8 Å². The maximum absolute atomic E-state index is 12.5. The van der Waals surface area contributed by atoms with E-state index in [1.54, 1.807) is 26.5 Å².